The predicted molar refractivity (Wildman–Crippen MR) is 107 cm³/mol. The zero-order chi connectivity index (χ0) is 19.6. The molecule has 2 heterocycles. The van der Waals surface area contributed by atoms with Crippen molar-refractivity contribution in [1.29, 1.82) is 0 Å². The van der Waals surface area contributed by atoms with Gasteiger partial charge in [-0.25, -0.2) is 8.42 Å². The molecule has 0 saturated heterocycles. The molecule has 0 bridgehead atoms. The Balaban J connectivity index is 1.49. The molecular weight excluding hydrogens is 374 g/mol. The Bertz CT molecular complexity index is 1100. The lowest BCUT2D eigenvalue weighted by Crippen LogP contribution is -2.29. The van der Waals surface area contributed by atoms with Gasteiger partial charge in [0.1, 0.15) is 0 Å². The molecule has 0 fully saturated rings. The standard InChI is InChI=1S/C21H19N3O3S/c25-21(23-15-16-9-12-22-13-10-16)18-5-7-19(8-6-18)28(26,27)24-14-11-17-3-1-2-4-20(17)24/h1-10,12-13H,11,14-15H2,(H,23,25). The highest BCUT2D eigenvalue weighted by Gasteiger charge is 2.30. The van der Waals surface area contributed by atoms with Crippen molar-refractivity contribution in [3.63, 3.8) is 0 Å². The molecule has 0 saturated carbocycles. The molecule has 0 aliphatic carbocycles. The van der Waals surface area contributed by atoms with Gasteiger partial charge in [0.2, 0.25) is 0 Å². The van der Waals surface area contributed by atoms with Crippen LogP contribution in [0.25, 0.3) is 0 Å². The summed E-state index contributed by atoms with van der Waals surface area (Å²) in [6, 6.07) is 17.2. The van der Waals surface area contributed by atoms with Crippen LogP contribution in [0.3, 0.4) is 0 Å². The van der Waals surface area contributed by atoms with Crippen LogP contribution in [0.2, 0.25) is 0 Å². The van der Waals surface area contributed by atoms with E-state index in [0.717, 1.165) is 16.8 Å². The molecule has 1 N–H and O–H groups in total. The van der Waals surface area contributed by atoms with Gasteiger partial charge in [-0.2, -0.15) is 0 Å². The van der Waals surface area contributed by atoms with Crippen LogP contribution in [0.1, 0.15) is 21.5 Å². The number of hydrogen-bond donors (Lipinski definition) is 1. The molecule has 1 aliphatic heterocycles. The molecule has 1 amide bonds. The van der Waals surface area contributed by atoms with Gasteiger partial charge in [-0.1, -0.05) is 18.2 Å². The van der Waals surface area contributed by atoms with E-state index in [-0.39, 0.29) is 10.8 Å². The normalized spacial score (nSPS) is 13.2. The Morgan fingerprint density at radius 1 is 1.00 bits per heavy atom. The monoisotopic (exact) mass is 393 g/mol. The Hall–Kier alpha value is -3.19. The number of amides is 1. The van der Waals surface area contributed by atoms with E-state index >= 15 is 0 Å². The summed E-state index contributed by atoms with van der Waals surface area (Å²) in [5, 5.41) is 2.81. The van der Waals surface area contributed by atoms with Crippen molar-refractivity contribution in [3.05, 3.63) is 89.7 Å². The number of hydrogen-bond acceptors (Lipinski definition) is 4. The molecule has 6 nitrogen and oxygen atoms in total. The van der Waals surface area contributed by atoms with Crippen molar-refractivity contribution in [2.24, 2.45) is 0 Å². The van der Waals surface area contributed by atoms with Gasteiger partial charge >= 0.3 is 0 Å². The van der Waals surface area contributed by atoms with Gasteiger partial charge in [-0.05, 0) is 60.0 Å². The van der Waals surface area contributed by atoms with Gasteiger partial charge < -0.3 is 5.32 Å². The molecule has 3 aromatic rings. The fourth-order valence-corrected chi connectivity index (χ4v) is 4.75. The number of nitrogens with one attached hydrogen (secondary N) is 1. The Morgan fingerprint density at radius 3 is 2.46 bits per heavy atom. The molecule has 7 heteroatoms. The highest BCUT2D eigenvalue weighted by atomic mass is 32.2. The highest BCUT2D eigenvalue weighted by molar-refractivity contribution is 7.92. The average molecular weight is 393 g/mol. The summed E-state index contributed by atoms with van der Waals surface area (Å²) in [5.74, 6) is -0.257. The average Bonchev–Trinajstić information content (AvgIpc) is 3.18. The zero-order valence-electron chi connectivity index (χ0n) is 15.1. The second-order valence-corrected chi connectivity index (χ2v) is 8.38. The molecule has 0 atom stereocenters. The van der Waals surface area contributed by atoms with E-state index in [1.165, 1.54) is 28.6 Å². The minimum Gasteiger partial charge on any atom is -0.348 e. The number of sulfonamides is 1. The Kier molecular flexibility index (Phi) is 4.83. The summed E-state index contributed by atoms with van der Waals surface area (Å²) in [6.07, 6.45) is 4.03. The lowest BCUT2D eigenvalue weighted by molar-refractivity contribution is 0.0951. The van der Waals surface area contributed by atoms with Crippen molar-refractivity contribution < 1.29 is 13.2 Å². The second-order valence-electron chi connectivity index (χ2n) is 6.52. The van der Waals surface area contributed by atoms with Crippen molar-refractivity contribution >= 4 is 21.6 Å². The number of para-hydroxylation sites is 1. The number of anilines is 1. The van der Waals surface area contributed by atoms with E-state index in [4.69, 9.17) is 0 Å². The lowest BCUT2D eigenvalue weighted by Gasteiger charge is -2.19. The van der Waals surface area contributed by atoms with Gasteiger partial charge in [0, 0.05) is 31.0 Å². The molecule has 0 unspecified atom stereocenters. The Morgan fingerprint density at radius 2 is 1.71 bits per heavy atom. The molecule has 0 spiro atoms. The minimum atomic E-state index is -3.66. The van der Waals surface area contributed by atoms with Gasteiger partial charge in [0.15, 0.2) is 0 Å². The van der Waals surface area contributed by atoms with E-state index in [1.54, 1.807) is 12.4 Å². The van der Waals surface area contributed by atoms with Gasteiger partial charge in [-0.15, -0.1) is 0 Å². The van der Waals surface area contributed by atoms with Crippen molar-refractivity contribution in [2.75, 3.05) is 10.8 Å². The SMILES string of the molecule is O=C(NCc1ccncc1)c1ccc(S(=O)(=O)N2CCc3ccccc32)cc1. The largest absolute Gasteiger partial charge is 0.348 e. The van der Waals surface area contributed by atoms with E-state index in [0.29, 0.717) is 25.1 Å². The maximum Gasteiger partial charge on any atom is 0.264 e. The first-order chi connectivity index (χ1) is 13.6. The van der Waals surface area contributed by atoms with Crippen LogP contribution in [0.4, 0.5) is 5.69 Å². The number of rotatable bonds is 5. The van der Waals surface area contributed by atoms with E-state index in [9.17, 15) is 13.2 Å². The quantitative estimate of drug-likeness (QED) is 0.723. The summed E-state index contributed by atoms with van der Waals surface area (Å²) in [5.41, 5.74) is 3.10. The van der Waals surface area contributed by atoms with E-state index < -0.39 is 10.0 Å². The first-order valence-electron chi connectivity index (χ1n) is 8.93. The molecule has 1 aromatic heterocycles. The maximum absolute atomic E-state index is 13.0. The van der Waals surface area contributed by atoms with Crippen LogP contribution in [-0.2, 0) is 23.0 Å². The number of nitrogens with zero attached hydrogens (tertiary/aromatic N) is 2. The Labute approximate surface area is 163 Å². The molecule has 1 aliphatic rings. The van der Waals surface area contributed by atoms with Crippen LogP contribution >= 0.6 is 0 Å². The maximum atomic E-state index is 13.0. The van der Waals surface area contributed by atoms with Crippen LogP contribution in [0.5, 0.6) is 0 Å². The first kappa shape index (κ1) is 18.2. The highest BCUT2D eigenvalue weighted by Crippen LogP contribution is 2.32. The molecule has 142 valence electrons. The third kappa shape index (κ3) is 3.48. The summed E-state index contributed by atoms with van der Waals surface area (Å²) < 4.78 is 27.4. The van der Waals surface area contributed by atoms with Gasteiger partial charge in [0.05, 0.1) is 10.6 Å². The molecule has 28 heavy (non-hydrogen) atoms. The number of carbonyl (C=O) groups excluding carboxylic acids is 1. The van der Waals surface area contributed by atoms with Crippen LogP contribution in [-0.4, -0.2) is 25.9 Å². The lowest BCUT2D eigenvalue weighted by atomic mass is 10.2. The molecule has 0 radical (unpaired) electrons. The van der Waals surface area contributed by atoms with Crippen LogP contribution in [0, 0.1) is 0 Å². The van der Waals surface area contributed by atoms with Crippen LogP contribution < -0.4 is 9.62 Å². The van der Waals surface area contributed by atoms with Crippen LogP contribution in [0.15, 0.2) is 78.0 Å². The molecule has 2 aromatic carbocycles. The zero-order valence-corrected chi connectivity index (χ0v) is 15.9. The summed E-state index contributed by atoms with van der Waals surface area (Å²) in [6.45, 7) is 0.807. The second kappa shape index (κ2) is 7.44. The van der Waals surface area contributed by atoms with Gasteiger partial charge in [0.25, 0.3) is 15.9 Å². The van der Waals surface area contributed by atoms with E-state index in [1.807, 2.05) is 36.4 Å². The molecule has 4 rings (SSSR count). The topological polar surface area (TPSA) is 79.4 Å². The summed E-state index contributed by atoms with van der Waals surface area (Å²) in [7, 11) is -3.66. The van der Waals surface area contributed by atoms with Crippen molar-refractivity contribution in [1.82, 2.24) is 10.3 Å². The third-order valence-corrected chi connectivity index (χ3v) is 6.58. The number of carbonyl (C=O) groups is 1. The first-order valence-corrected chi connectivity index (χ1v) is 10.4. The predicted octanol–water partition coefficient (Wildman–Crippen LogP) is 2.76. The summed E-state index contributed by atoms with van der Waals surface area (Å²) in [4.78, 5) is 16.4. The number of fused-ring (bicyclic) bond motifs is 1. The number of benzene rings is 2. The number of aromatic nitrogens is 1. The third-order valence-electron chi connectivity index (χ3n) is 4.75. The fourth-order valence-electron chi connectivity index (χ4n) is 3.25. The fraction of sp³-hybridized carbons (Fsp3) is 0.143. The molecular formula is C21H19N3O3S. The van der Waals surface area contributed by atoms with Crippen molar-refractivity contribution in [3.8, 4) is 0 Å². The smallest absolute Gasteiger partial charge is 0.264 e. The van der Waals surface area contributed by atoms with E-state index in [2.05, 4.69) is 10.3 Å². The van der Waals surface area contributed by atoms with Crippen molar-refractivity contribution in [2.45, 2.75) is 17.9 Å². The summed E-state index contributed by atoms with van der Waals surface area (Å²) >= 11 is 0. The minimum absolute atomic E-state index is 0.176. The number of pyridine rings is 1. The van der Waals surface area contributed by atoms with Gasteiger partial charge in [-0.3, -0.25) is 14.1 Å².